The Kier molecular flexibility index (Phi) is 3.29. The van der Waals surface area contributed by atoms with Gasteiger partial charge in [0, 0.05) is 30.1 Å². The van der Waals surface area contributed by atoms with Gasteiger partial charge in [-0.15, -0.1) is 0 Å². The molecule has 1 aromatic carbocycles. The molecule has 0 radical (unpaired) electrons. The van der Waals surface area contributed by atoms with E-state index in [1.807, 2.05) is 0 Å². The number of nitro benzene ring substituents is 1. The first-order valence-electron chi connectivity index (χ1n) is 5.08. The highest BCUT2D eigenvalue weighted by molar-refractivity contribution is 5.84. The molecule has 6 heteroatoms. The second-order valence-electron chi connectivity index (χ2n) is 3.47. The summed E-state index contributed by atoms with van der Waals surface area (Å²) in [7, 11) is 0. The largest absolute Gasteiger partial charge is 0.506 e. The van der Waals surface area contributed by atoms with Gasteiger partial charge in [-0.3, -0.25) is 20.1 Å². The molecule has 0 fully saturated rings. The van der Waals surface area contributed by atoms with E-state index >= 15 is 0 Å². The Labute approximate surface area is 102 Å². The molecular weight excluding hydrogens is 234 g/mol. The van der Waals surface area contributed by atoms with E-state index in [0.29, 0.717) is 11.3 Å². The molecule has 0 atom stereocenters. The van der Waals surface area contributed by atoms with Gasteiger partial charge in [-0.2, -0.15) is 0 Å². The lowest BCUT2D eigenvalue weighted by Gasteiger charge is -1.96. The molecule has 18 heavy (non-hydrogen) atoms. The molecule has 0 bridgehead atoms. The SMILES string of the molecule is O=[N+]([O-])c1ccc(N=Cc2ccncc2O)cc1. The quantitative estimate of drug-likeness (QED) is 0.509. The van der Waals surface area contributed by atoms with Gasteiger partial charge < -0.3 is 5.11 Å². The minimum absolute atomic E-state index is 0.0145. The van der Waals surface area contributed by atoms with E-state index in [9.17, 15) is 15.2 Å². The average Bonchev–Trinajstić information content (AvgIpc) is 2.38. The zero-order valence-electron chi connectivity index (χ0n) is 9.22. The van der Waals surface area contributed by atoms with Gasteiger partial charge in [0.05, 0.1) is 16.8 Å². The second kappa shape index (κ2) is 5.05. The molecule has 0 aliphatic heterocycles. The average molecular weight is 243 g/mol. The number of hydrogen-bond acceptors (Lipinski definition) is 5. The minimum atomic E-state index is -0.470. The van der Waals surface area contributed by atoms with Gasteiger partial charge in [0.25, 0.3) is 5.69 Å². The summed E-state index contributed by atoms with van der Waals surface area (Å²) in [4.78, 5) is 17.8. The molecule has 0 unspecified atom stereocenters. The number of nitrogens with zero attached hydrogens (tertiary/aromatic N) is 3. The fourth-order valence-corrected chi connectivity index (χ4v) is 1.31. The zero-order valence-corrected chi connectivity index (χ0v) is 9.22. The van der Waals surface area contributed by atoms with Crippen LogP contribution in [0.25, 0.3) is 0 Å². The number of rotatable bonds is 3. The van der Waals surface area contributed by atoms with E-state index in [4.69, 9.17) is 0 Å². The molecule has 1 heterocycles. The summed E-state index contributed by atoms with van der Waals surface area (Å²) in [6, 6.07) is 7.43. The summed E-state index contributed by atoms with van der Waals surface area (Å²) in [5, 5.41) is 19.9. The molecule has 90 valence electrons. The Balaban J connectivity index is 2.19. The van der Waals surface area contributed by atoms with E-state index < -0.39 is 4.92 Å². The second-order valence-corrected chi connectivity index (χ2v) is 3.47. The molecule has 0 amide bonds. The smallest absolute Gasteiger partial charge is 0.269 e. The van der Waals surface area contributed by atoms with Gasteiger partial charge in [0.2, 0.25) is 0 Å². The fourth-order valence-electron chi connectivity index (χ4n) is 1.31. The minimum Gasteiger partial charge on any atom is -0.506 e. The topological polar surface area (TPSA) is 88.6 Å². The van der Waals surface area contributed by atoms with Crippen molar-refractivity contribution in [3.8, 4) is 5.75 Å². The van der Waals surface area contributed by atoms with Crippen molar-refractivity contribution in [2.45, 2.75) is 0 Å². The van der Waals surface area contributed by atoms with Gasteiger partial charge >= 0.3 is 0 Å². The lowest BCUT2D eigenvalue weighted by atomic mass is 10.2. The molecule has 0 saturated heterocycles. The van der Waals surface area contributed by atoms with E-state index in [1.54, 1.807) is 6.07 Å². The Morgan fingerprint density at radius 1 is 1.28 bits per heavy atom. The molecule has 2 rings (SSSR count). The monoisotopic (exact) mass is 243 g/mol. The Bertz CT molecular complexity index is 594. The molecular formula is C12H9N3O3. The molecule has 0 aliphatic carbocycles. The maximum Gasteiger partial charge on any atom is 0.269 e. The zero-order chi connectivity index (χ0) is 13.0. The van der Waals surface area contributed by atoms with Crippen LogP contribution < -0.4 is 0 Å². The van der Waals surface area contributed by atoms with Crippen LogP contribution >= 0.6 is 0 Å². The number of aromatic hydroxyl groups is 1. The van der Waals surface area contributed by atoms with E-state index in [0.717, 1.165) is 0 Å². The van der Waals surface area contributed by atoms with Crippen molar-refractivity contribution < 1.29 is 10.0 Å². The van der Waals surface area contributed by atoms with Gasteiger partial charge in [0.15, 0.2) is 0 Å². The number of benzene rings is 1. The summed E-state index contributed by atoms with van der Waals surface area (Å²) in [6.45, 7) is 0. The van der Waals surface area contributed by atoms with Crippen molar-refractivity contribution in [1.29, 1.82) is 0 Å². The van der Waals surface area contributed by atoms with Crippen LogP contribution in [0.4, 0.5) is 11.4 Å². The maximum atomic E-state index is 10.5. The third-order valence-corrected chi connectivity index (χ3v) is 2.25. The van der Waals surface area contributed by atoms with Crippen molar-refractivity contribution in [3.05, 3.63) is 58.4 Å². The summed E-state index contributed by atoms with van der Waals surface area (Å²) in [6.07, 6.45) is 4.33. The van der Waals surface area contributed by atoms with Crippen LogP contribution in [0.15, 0.2) is 47.7 Å². The molecule has 0 spiro atoms. The first kappa shape index (κ1) is 11.7. The first-order chi connectivity index (χ1) is 8.66. The highest BCUT2D eigenvalue weighted by Crippen LogP contribution is 2.19. The molecule has 1 aromatic heterocycles. The standard InChI is InChI=1S/C12H9N3O3/c16-12-8-13-6-5-9(12)7-14-10-1-3-11(4-2-10)15(17)18/h1-8,16H. The highest BCUT2D eigenvalue weighted by atomic mass is 16.6. The van der Waals surface area contributed by atoms with Gasteiger partial charge in [-0.25, -0.2) is 0 Å². The summed E-state index contributed by atoms with van der Waals surface area (Å²) >= 11 is 0. The normalized spacial score (nSPS) is 10.7. The van der Waals surface area contributed by atoms with Crippen LogP contribution in [0.3, 0.4) is 0 Å². The number of nitro groups is 1. The van der Waals surface area contributed by atoms with Crippen molar-refractivity contribution in [2.75, 3.05) is 0 Å². The highest BCUT2D eigenvalue weighted by Gasteiger charge is 2.03. The van der Waals surface area contributed by atoms with Crippen LogP contribution in [0.5, 0.6) is 5.75 Å². The van der Waals surface area contributed by atoms with Crippen LogP contribution in [0.2, 0.25) is 0 Å². The van der Waals surface area contributed by atoms with Gasteiger partial charge in [-0.05, 0) is 18.2 Å². The Morgan fingerprint density at radius 2 is 2.00 bits per heavy atom. The lowest BCUT2D eigenvalue weighted by molar-refractivity contribution is -0.384. The van der Waals surface area contributed by atoms with E-state index in [1.165, 1.54) is 42.9 Å². The molecule has 0 aliphatic rings. The van der Waals surface area contributed by atoms with Crippen LogP contribution in [-0.2, 0) is 0 Å². The first-order valence-corrected chi connectivity index (χ1v) is 5.08. The predicted molar refractivity (Wildman–Crippen MR) is 66.3 cm³/mol. The van der Waals surface area contributed by atoms with Crippen LogP contribution in [-0.4, -0.2) is 21.2 Å². The lowest BCUT2D eigenvalue weighted by Crippen LogP contribution is -1.86. The van der Waals surface area contributed by atoms with Crippen molar-refractivity contribution in [1.82, 2.24) is 4.98 Å². The maximum absolute atomic E-state index is 10.5. The van der Waals surface area contributed by atoms with E-state index in [-0.39, 0.29) is 11.4 Å². The third-order valence-electron chi connectivity index (χ3n) is 2.25. The number of aromatic nitrogens is 1. The van der Waals surface area contributed by atoms with Gasteiger partial charge in [0.1, 0.15) is 5.75 Å². The number of hydrogen-bond donors (Lipinski definition) is 1. The third kappa shape index (κ3) is 2.67. The number of non-ortho nitro benzene ring substituents is 1. The van der Waals surface area contributed by atoms with Crippen molar-refractivity contribution in [2.24, 2.45) is 4.99 Å². The summed E-state index contributed by atoms with van der Waals surface area (Å²) in [5.41, 5.74) is 1.11. The summed E-state index contributed by atoms with van der Waals surface area (Å²) in [5.74, 6) is 0.0307. The Morgan fingerprint density at radius 3 is 2.61 bits per heavy atom. The fraction of sp³-hybridized carbons (Fsp3) is 0. The molecule has 1 N–H and O–H groups in total. The van der Waals surface area contributed by atoms with Crippen molar-refractivity contribution >= 4 is 17.6 Å². The van der Waals surface area contributed by atoms with Crippen LogP contribution in [0.1, 0.15) is 5.56 Å². The Hall–Kier alpha value is -2.76. The number of aliphatic imine (C=N–C) groups is 1. The van der Waals surface area contributed by atoms with Crippen molar-refractivity contribution in [3.63, 3.8) is 0 Å². The number of pyridine rings is 1. The van der Waals surface area contributed by atoms with E-state index in [2.05, 4.69) is 9.98 Å². The summed E-state index contributed by atoms with van der Waals surface area (Å²) < 4.78 is 0. The molecule has 0 saturated carbocycles. The molecule has 2 aromatic rings. The molecule has 6 nitrogen and oxygen atoms in total. The van der Waals surface area contributed by atoms with Gasteiger partial charge in [-0.1, -0.05) is 0 Å². The predicted octanol–water partition coefficient (Wildman–Crippen LogP) is 2.45. The van der Waals surface area contributed by atoms with Crippen LogP contribution in [0, 0.1) is 10.1 Å².